The minimum Gasteiger partial charge on any atom is -0.744 e. The maximum Gasteiger partial charge on any atom is 1.00 e. The van der Waals surface area contributed by atoms with Gasteiger partial charge in [0.05, 0.1) is 0 Å². The van der Waals surface area contributed by atoms with Crippen LogP contribution in [0.2, 0.25) is 0 Å². The number of nitrogens with zero attached hydrogens (tertiary/aromatic N) is 6. The summed E-state index contributed by atoms with van der Waals surface area (Å²) in [6, 6.07) is 46.7. The van der Waals surface area contributed by atoms with Crippen LogP contribution in [0.4, 0.5) is 58.4 Å². The van der Waals surface area contributed by atoms with E-state index in [0.717, 1.165) is 5.56 Å². The van der Waals surface area contributed by atoms with E-state index in [4.69, 9.17) is 0 Å². The van der Waals surface area contributed by atoms with Crippen LogP contribution in [0.3, 0.4) is 0 Å². The van der Waals surface area contributed by atoms with Crippen LogP contribution in [0, 0.1) is 0 Å². The monoisotopic (exact) mass is 836 g/mol. The predicted molar refractivity (Wildman–Crippen MR) is 234 cm³/mol. The molecule has 0 bridgehead atoms. The molecule has 0 fully saturated rings. The smallest absolute Gasteiger partial charge is 0.744 e. The Morgan fingerprint density at radius 3 is 1.15 bits per heavy atom. The number of hydrogen-bond acceptors (Lipinski definition) is 15. The van der Waals surface area contributed by atoms with Crippen LogP contribution in [-0.4, -0.2) is 48.5 Å². The standard InChI is InChI=1S/C44H38N12O3S.Na/c57-60(58,59)37-30-44(29-28-32(37)27-26-31-16-6-1-7-17-31,55-42-51-38(45-33-18-8-2-9-19-33)49-39(52-42)46-34-20-10-3-11-21-34)56-43-53-40(47-35-22-12-4-13-23-35)50-41(54-43)48-36-24-14-5-15-25-36;/h1-29H,30H2,(H,57,58,59)(H3,45,46,49,51,52,55)(H3,47,48,50,53,54,56);/q;+1/p-1. The minimum absolute atomic E-state index is 0. The van der Waals surface area contributed by atoms with Gasteiger partial charge in [-0.15, -0.1) is 0 Å². The van der Waals surface area contributed by atoms with Crippen molar-refractivity contribution in [2.24, 2.45) is 0 Å². The normalized spacial score (nSPS) is 13.2. The molecule has 2 aromatic heterocycles. The molecule has 17 heteroatoms. The Morgan fingerprint density at radius 1 is 0.475 bits per heavy atom. The van der Waals surface area contributed by atoms with Crippen LogP contribution >= 0.6 is 0 Å². The van der Waals surface area contributed by atoms with Gasteiger partial charge in [-0.05, 0) is 65.7 Å². The van der Waals surface area contributed by atoms with Gasteiger partial charge >= 0.3 is 29.6 Å². The fraction of sp³-hybridized carbons (Fsp3) is 0.0455. The first-order valence-corrected chi connectivity index (χ1v) is 20.1. The number of benzene rings is 5. The van der Waals surface area contributed by atoms with Crippen LogP contribution in [0.25, 0.3) is 6.08 Å². The van der Waals surface area contributed by atoms with Crippen molar-refractivity contribution in [2.45, 2.75) is 12.1 Å². The van der Waals surface area contributed by atoms with E-state index in [-0.39, 0.29) is 70.8 Å². The average molecular weight is 837 g/mol. The summed E-state index contributed by atoms with van der Waals surface area (Å²) in [5.74, 6) is 0.738. The van der Waals surface area contributed by atoms with Crippen LogP contribution in [-0.2, 0) is 10.1 Å². The number of rotatable bonds is 15. The maximum absolute atomic E-state index is 13.2. The van der Waals surface area contributed by atoms with Gasteiger partial charge in [-0.25, -0.2) is 8.42 Å². The third kappa shape index (κ3) is 11.6. The van der Waals surface area contributed by atoms with Crippen molar-refractivity contribution >= 4 is 74.6 Å². The van der Waals surface area contributed by atoms with E-state index in [2.05, 4.69) is 61.8 Å². The Hall–Kier alpha value is -6.95. The number of hydrogen-bond donors (Lipinski definition) is 6. The van der Waals surface area contributed by atoms with Crippen LogP contribution in [0.15, 0.2) is 180 Å². The second-order valence-electron chi connectivity index (χ2n) is 13.4. The molecule has 0 unspecified atom stereocenters. The second-order valence-corrected chi connectivity index (χ2v) is 14.8. The first-order valence-electron chi connectivity index (χ1n) is 18.7. The number of anilines is 10. The Labute approximate surface area is 374 Å². The van der Waals surface area contributed by atoms with E-state index in [1.54, 1.807) is 24.3 Å². The summed E-state index contributed by atoms with van der Waals surface area (Å²) in [6.45, 7) is 0. The zero-order valence-electron chi connectivity index (χ0n) is 32.8. The molecular formula is C44H37N12NaO3S. The molecular weight excluding hydrogens is 800 g/mol. The molecule has 2 heterocycles. The van der Waals surface area contributed by atoms with Gasteiger partial charge in [-0.3, -0.25) is 0 Å². The van der Waals surface area contributed by atoms with E-state index in [1.165, 1.54) is 0 Å². The fourth-order valence-corrected chi connectivity index (χ4v) is 6.99. The first kappa shape index (κ1) is 42.2. The van der Waals surface area contributed by atoms with E-state index < -0.39 is 27.1 Å². The van der Waals surface area contributed by atoms with Crippen molar-refractivity contribution in [1.29, 1.82) is 0 Å². The van der Waals surface area contributed by atoms with E-state index >= 15 is 0 Å². The average Bonchev–Trinajstić information content (AvgIpc) is 3.24. The van der Waals surface area contributed by atoms with E-state index in [9.17, 15) is 13.0 Å². The summed E-state index contributed by atoms with van der Waals surface area (Å²) in [5.41, 5.74) is 2.25. The molecule has 1 aliphatic carbocycles. The molecule has 15 nitrogen and oxygen atoms in total. The Morgan fingerprint density at radius 2 is 0.803 bits per heavy atom. The molecule has 298 valence electrons. The van der Waals surface area contributed by atoms with Crippen molar-refractivity contribution < 1.29 is 42.5 Å². The molecule has 5 aromatic carbocycles. The second kappa shape index (κ2) is 19.4. The van der Waals surface area contributed by atoms with Gasteiger partial charge in [0.2, 0.25) is 35.7 Å². The van der Waals surface area contributed by atoms with Gasteiger partial charge in [0.25, 0.3) is 0 Å². The van der Waals surface area contributed by atoms with Crippen molar-refractivity contribution in [2.75, 3.05) is 31.9 Å². The van der Waals surface area contributed by atoms with Gasteiger partial charge in [-0.1, -0.05) is 121 Å². The number of aromatic nitrogens is 6. The van der Waals surface area contributed by atoms with Crippen LogP contribution in [0.5, 0.6) is 0 Å². The van der Waals surface area contributed by atoms with Gasteiger partial charge in [-0.2, -0.15) is 29.9 Å². The Balaban J connectivity index is 0.00000561. The molecule has 61 heavy (non-hydrogen) atoms. The summed E-state index contributed by atoms with van der Waals surface area (Å²) < 4.78 is 39.5. The Kier molecular flexibility index (Phi) is 13.4. The molecule has 0 radical (unpaired) electrons. The molecule has 0 atom stereocenters. The maximum atomic E-state index is 13.2. The van der Waals surface area contributed by atoms with Crippen molar-refractivity contribution in [3.05, 3.63) is 186 Å². The number of allylic oxidation sites excluding steroid dienone is 3. The van der Waals surface area contributed by atoms with Crippen LogP contribution in [0.1, 0.15) is 12.0 Å². The van der Waals surface area contributed by atoms with Gasteiger partial charge in [0.15, 0.2) is 0 Å². The van der Waals surface area contributed by atoms with Crippen molar-refractivity contribution in [3.8, 4) is 0 Å². The Bertz CT molecular complexity index is 2520. The molecule has 0 saturated carbocycles. The van der Waals surface area contributed by atoms with Gasteiger partial charge < -0.3 is 36.5 Å². The molecule has 7 aromatic rings. The molecule has 0 saturated heterocycles. The number of para-hydroxylation sites is 4. The molecule has 1 aliphatic rings. The summed E-state index contributed by atoms with van der Waals surface area (Å²) in [5, 5.41) is 19.4. The zero-order chi connectivity index (χ0) is 41.2. The minimum atomic E-state index is -5.04. The molecule has 0 spiro atoms. The molecule has 6 N–H and O–H groups in total. The van der Waals surface area contributed by atoms with Crippen LogP contribution < -0.4 is 61.5 Å². The summed E-state index contributed by atoms with van der Waals surface area (Å²) in [6.07, 6.45) is 6.16. The largest absolute Gasteiger partial charge is 1.00 e. The topological polar surface area (TPSA) is 207 Å². The molecule has 8 rings (SSSR count). The quantitative estimate of drug-likeness (QED) is 0.0415. The summed E-state index contributed by atoms with van der Waals surface area (Å²) >= 11 is 0. The summed E-state index contributed by atoms with van der Waals surface area (Å²) in [7, 11) is -5.04. The van der Waals surface area contributed by atoms with Gasteiger partial charge in [0, 0.05) is 34.1 Å². The summed E-state index contributed by atoms with van der Waals surface area (Å²) in [4.78, 5) is 27.6. The SMILES string of the molecule is O=S(=O)([O-])C1=C(C=Cc2ccccc2)C=CC(Nc2nc(Nc3ccccc3)nc(Nc3ccccc3)n2)(Nc2nc(Nc3ccccc3)nc(Nc3ccccc3)n2)C1.[Na+]. The third-order valence-electron chi connectivity index (χ3n) is 8.93. The molecule has 0 aliphatic heterocycles. The van der Waals surface area contributed by atoms with E-state index in [1.807, 2.05) is 152 Å². The number of nitrogens with one attached hydrogen (secondary N) is 6. The zero-order valence-corrected chi connectivity index (χ0v) is 35.6. The van der Waals surface area contributed by atoms with E-state index in [0.29, 0.717) is 22.7 Å². The van der Waals surface area contributed by atoms with Gasteiger partial charge in [0.1, 0.15) is 15.8 Å². The predicted octanol–water partition coefficient (Wildman–Crippen LogP) is 5.73. The van der Waals surface area contributed by atoms with Crippen molar-refractivity contribution in [1.82, 2.24) is 29.9 Å². The van der Waals surface area contributed by atoms with Crippen molar-refractivity contribution in [3.63, 3.8) is 0 Å². The third-order valence-corrected chi connectivity index (χ3v) is 9.91. The first-order chi connectivity index (χ1) is 29.2. The molecule has 0 amide bonds. The fourth-order valence-electron chi connectivity index (χ4n) is 6.16.